The van der Waals surface area contributed by atoms with Crippen molar-refractivity contribution in [1.82, 2.24) is 9.88 Å². The molecule has 1 aromatic heterocycles. The summed E-state index contributed by atoms with van der Waals surface area (Å²) in [6.07, 6.45) is 3.99. The van der Waals surface area contributed by atoms with Crippen LogP contribution in [-0.4, -0.2) is 42.0 Å². The Morgan fingerprint density at radius 3 is 2.79 bits per heavy atom. The number of aromatic nitrogens is 1. The van der Waals surface area contributed by atoms with Crippen LogP contribution < -0.4 is 10.1 Å². The number of benzene rings is 2. The molecule has 0 aliphatic carbocycles. The van der Waals surface area contributed by atoms with Crippen molar-refractivity contribution < 1.29 is 9.53 Å². The van der Waals surface area contributed by atoms with E-state index in [0.717, 1.165) is 53.8 Å². The van der Waals surface area contributed by atoms with Crippen molar-refractivity contribution in [2.24, 2.45) is 0 Å². The second-order valence-electron chi connectivity index (χ2n) is 7.31. The molecule has 6 heteroatoms. The quantitative estimate of drug-likeness (QED) is 0.672. The maximum absolute atomic E-state index is 12.7. The molecule has 0 radical (unpaired) electrons. The molecule has 1 aliphatic heterocycles. The number of likely N-dealkylation sites (tertiary alicyclic amines) is 1. The van der Waals surface area contributed by atoms with Gasteiger partial charge in [-0.15, -0.1) is 0 Å². The smallest absolute Gasteiger partial charge is 0.227 e. The number of piperidine rings is 1. The van der Waals surface area contributed by atoms with Crippen molar-refractivity contribution in [1.29, 1.82) is 0 Å². The van der Waals surface area contributed by atoms with E-state index in [-0.39, 0.29) is 5.91 Å². The zero-order chi connectivity index (χ0) is 20.2. The van der Waals surface area contributed by atoms with E-state index in [1.807, 2.05) is 59.6 Å². The molecule has 150 valence electrons. The molecule has 0 spiro atoms. The minimum atomic E-state index is 0.147. The number of pyridine rings is 1. The van der Waals surface area contributed by atoms with Crippen molar-refractivity contribution in [3.63, 3.8) is 0 Å². The van der Waals surface area contributed by atoms with Gasteiger partial charge in [-0.3, -0.25) is 9.78 Å². The van der Waals surface area contributed by atoms with E-state index in [0.29, 0.717) is 17.5 Å². The molecule has 4 rings (SSSR count). The van der Waals surface area contributed by atoms with Crippen LogP contribution in [0.2, 0.25) is 5.02 Å². The van der Waals surface area contributed by atoms with E-state index in [4.69, 9.17) is 16.3 Å². The summed E-state index contributed by atoms with van der Waals surface area (Å²) in [6, 6.07) is 15.7. The maximum Gasteiger partial charge on any atom is 0.227 e. The molecule has 0 unspecified atom stereocenters. The normalized spacial score (nSPS) is 14.8. The lowest BCUT2D eigenvalue weighted by atomic mass is 10.0. The van der Waals surface area contributed by atoms with Gasteiger partial charge >= 0.3 is 0 Å². The third kappa shape index (κ3) is 4.46. The molecule has 1 N–H and O–H groups in total. The molecule has 1 amide bonds. The van der Waals surface area contributed by atoms with Crippen LogP contribution in [0.25, 0.3) is 10.9 Å². The Morgan fingerprint density at radius 2 is 2.00 bits per heavy atom. The predicted octanol–water partition coefficient (Wildman–Crippen LogP) is 4.54. The first-order valence-corrected chi connectivity index (χ1v) is 10.2. The van der Waals surface area contributed by atoms with E-state index >= 15 is 0 Å². The number of nitrogens with zero attached hydrogens (tertiary/aromatic N) is 2. The molecule has 1 aliphatic rings. The molecule has 0 atom stereocenters. The second kappa shape index (κ2) is 8.70. The van der Waals surface area contributed by atoms with E-state index in [1.165, 1.54) is 0 Å². The van der Waals surface area contributed by atoms with E-state index in [9.17, 15) is 4.79 Å². The SMILES string of the molecule is COc1ccccc1CC(=O)N1CCC(Nc2ccnc3ccc(Cl)cc23)CC1. The van der Waals surface area contributed by atoms with Gasteiger partial charge in [-0.1, -0.05) is 29.8 Å². The molecule has 5 nitrogen and oxygen atoms in total. The largest absolute Gasteiger partial charge is 0.496 e. The highest BCUT2D eigenvalue weighted by atomic mass is 35.5. The first kappa shape index (κ1) is 19.5. The number of halogens is 1. The van der Waals surface area contributed by atoms with Crippen LogP contribution in [0.1, 0.15) is 18.4 Å². The molecular weight excluding hydrogens is 386 g/mol. The number of fused-ring (bicyclic) bond motifs is 1. The molecule has 0 bridgehead atoms. The van der Waals surface area contributed by atoms with Crippen molar-refractivity contribution >= 4 is 34.1 Å². The molecule has 29 heavy (non-hydrogen) atoms. The van der Waals surface area contributed by atoms with Crippen LogP contribution in [-0.2, 0) is 11.2 Å². The highest BCUT2D eigenvalue weighted by Gasteiger charge is 2.23. The Kier molecular flexibility index (Phi) is 5.86. The summed E-state index contributed by atoms with van der Waals surface area (Å²) in [4.78, 5) is 19.1. The van der Waals surface area contributed by atoms with Gasteiger partial charge in [0.25, 0.3) is 0 Å². The fourth-order valence-corrected chi connectivity index (χ4v) is 4.03. The topological polar surface area (TPSA) is 54.5 Å². The fraction of sp³-hybridized carbons (Fsp3) is 0.304. The fourth-order valence-electron chi connectivity index (χ4n) is 3.86. The lowest BCUT2D eigenvalue weighted by molar-refractivity contribution is -0.131. The Balaban J connectivity index is 1.37. The van der Waals surface area contributed by atoms with Crippen LogP contribution >= 0.6 is 11.6 Å². The van der Waals surface area contributed by atoms with Gasteiger partial charge in [-0.05, 0) is 43.2 Å². The first-order chi connectivity index (χ1) is 14.1. The van der Waals surface area contributed by atoms with Gasteiger partial charge in [-0.2, -0.15) is 0 Å². The third-order valence-corrected chi connectivity index (χ3v) is 5.68. The summed E-state index contributed by atoms with van der Waals surface area (Å²) in [5, 5.41) is 5.34. The van der Waals surface area contributed by atoms with Gasteiger partial charge in [-0.25, -0.2) is 0 Å². The average molecular weight is 410 g/mol. The molecule has 1 saturated heterocycles. The van der Waals surface area contributed by atoms with E-state index < -0.39 is 0 Å². The third-order valence-electron chi connectivity index (χ3n) is 5.45. The molecule has 0 saturated carbocycles. The Morgan fingerprint density at radius 1 is 1.21 bits per heavy atom. The van der Waals surface area contributed by atoms with E-state index in [2.05, 4.69) is 10.3 Å². The number of methoxy groups -OCH3 is 1. The maximum atomic E-state index is 12.7. The number of ether oxygens (including phenoxy) is 1. The first-order valence-electron chi connectivity index (χ1n) is 9.84. The summed E-state index contributed by atoms with van der Waals surface area (Å²) in [5.74, 6) is 0.912. The Hall–Kier alpha value is -2.79. The lowest BCUT2D eigenvalue weighted by Crippen LogP contribution is -2.43. The number of carbonyl (C=O) groups excluding carboxylic acids is 1. The number of amides is 1. The van der Waals surface area contributed by atoms with Gasteiger partial charge in [0.2, 0.25) is 5.91 Å². The molecular formula is C23H24ClN3O2. The van der Waals surface area contributed by atoms with Gasteiger partial charge in [0.1, 0.15) is 5.75 Å². The Labute approximate surface area is 175 Å². The second-order valence-corrected chi connectivity index (χ2v) is 7.74. The number of nitrogens with one attached hydrogen (secondary N) is 1. The summed E-state index contributed by atoms with van der Waals surface area (Å²) in [6.45, 7) is 1.49. The minimum Gasteiger partial charge on any atom is -0.496 e. The zero-order valence-corrected chi connectivity index (χ0v) is 17.2. The minimum absolute atomic E-state index is 0.147. The van der Waals surface area contributed by atoms with Crippen LogP contribution in [0.3, 0.4) is 0 Å². The highest BCUT2D eigenvalue weighted by Crippen LogP contribution is 2.27. The number of hydrogen-bond donors (Lipinski definition) is 1. The summed E-state index contributed by atoms with van der Waals surface area (Å²) in [5.41, 5.74) is 2.89. The zero-order valence-electron chi connectivity index (χ0n) is 16.4. The van der Waals surface area contributed by atoms with E-state index in [1.54, 1.807) is 7.11 Å². The van der Waals surface area contributed by atoms with Gasteiger partial charge in [0.15, 0.2) is 0 Å². The number of anilines is 1. The van der Waals surface area contributed by atoms with Crippen molar-refractivity contribution in [2.45, 2.75) is 25.3 Å². The number of carbonyl (C=O) groups is 1. The van der Waals surface area contributed by atoms with Gasteiger partial charge < -0.3 is 15.0 Å². The van der Waals surface area contributed by atoms with Crippen molar-refractivity contribution in [3.05, 3.63) is 65.3 Å². The van der Waals surface area contributed by atoms with Gasteiger partial charge in [0, 0.05) is 47.0 Å². The lowest BCUT2D eigenvalue weighted by Gasteiger charge is -2.33. The van der Waals surface area contributed by atoms with Crippen molar-refractivity contribution in [3.8, 4) is 5.75 Å². The molecule has 2 aromatic carbocycles. The van der Waals surface area contributed by atoms with Crippen LogP contribution in [0.5, 0.6) is 5.75 Å². The summed E-state index contributed by atoms with van der Waals surface area (Å²) < 4.78 is 5.37. The standard InChI is InChI=1S/C23H24ClN3O2/c1-29-22-5-3-2-4-16(22)14-23(28)27-12-9-18(10-13-27)26-21-8-11-25-20-7-6-17(24)15-19(20)21/h2-8,11,15,18H,9-10,12-14H2,1H3,(H,25,26). The number of rotatable bonds is 5. The van der Waals surface area contributed by atoms with Gasteiger partial charge in [0.05, 0.1) is 19.0 Å². The highest BCUT2D eigenvalue weighted by molar-refractivity contribution is 6.31. The summed E-state index contributed by atoms with van der Waals surface area (Å²) >= 11 is 6.17. The van der Waals surface area contributed by atoms with Crippen LogP contribution in [0.15, 0.2) is 54.7 Å². The van der Waals surface area contributed by atoms with Crippen LogP contribution in [0.4, 0.5) is 5.69 Å². The molecule has 2 heterocycles. The number of hydrogen-bond acceptors (Lipinski definition) is 4. The molecule has 1 fully saturated rings. The summed E-state index contributed by atoms with van der Waals surface area (Å²) in [7, 11) is 1.64. The van der Waals surface area contributed by atoms with Crippen molar-refractivity contribution in [2.75, 3.05) is 25.5 Å². The number of para-hydroxylation sites is 1. The monoisotopic (exact) mass is 409 g/mol. The average Bonchev–Trinajstić information content (AvgIpc) is 2.75. The van der Waals surface area contributed by atoms with Crippen LogP contribution in [0, 0.1) is 0 Å². The molecule has 3 aromatic rings. The predicted molar refractivity (Wildman–Crippen MR) is 117 cm³/mol. The Bertz CT molecular complexity index is 1020.